The van der Waals surface area contributed by atoms with Crippen LogP contribution in [0.4, 0.5) is 11.4 Å². The van der Waals surface area contributed by atoms with Crippen LogP contribution < -0.4 is 10.6 Å². The Balaban J connectivity index is 1.82. The van der Waals surface area contributed by atoms with Crippen LogP contribution in [0, 0.1) is 0 Å². The highest BCUT2D eigenvalue weighted by molar-refractivity contribution is 5.74. The van der Waals surface area contributed by atoms with Gasteiger partial charge in [-0.1, -0.05) is 43.3 Å². The maximum absolute atomic E-state index is 6.12. The van der Waals surface area contributed by atoms with E-state index in [2.05, 4.69) is 42.2 Å². The van der Waals surface area contributed by atoms with Gasteiger partial charge in [0.25, 0.3) is 0 Å². The summed E-state index contributed by atoms with van der Waals surface area (Å²) in [7, 11) is 0. The number of aryl methyl sites for hydroxylation is 1. The molecule has 1 aliphatic rings. The van der Waals surface area contributed by atoms with Gasteiger partial charge in [0.2, 0.25) is 0 Å². The Labute approximate surface area is 114 Å². The molecule has 19 heavy (non-hydrogen) atoms. The molecule has 0 atom stereocenters. The van der Waals surface area contributed by atoms with Gasteiger partial charge in [0.1, 0.15) is 0 Å². The second-order valence-corrected chi connectivity index (χ2v) is 5.20. The molecule has 98 valence electrons. The first-order chi connectivity index (χ1) is 9.28. The summed E-state index contributed by atoms with van der Waals surface area (Å²) in [4.78, 5) is 2.39. The molecule has 1 heterocycles. The number of hydrogen-bond acceptors (Lipinski definition) is 2. The summed E-state index contributed by atoms with van der Waals surface area (Å²) < 4.78 is 0. The third-order valence-corrected chi connectivity index (χ3v) is 3.92. The summed E-state index contributed by atoms with van der Waals surface area (Å²) in [5.74, 6) is 0. The number of rotatable bonds is 3. The molecule has 3 rings (SSSR count). The quantitative estimate of drug-likeness (QED) is 0.848. The smallest absolute Gasteiger partial charge is 0.0636 e. The Morgan fingerprint density at radius 3 is 2.53 bits per heavy atom. The fourth-order valence-electron chi connectivity index (χ4n) is 2.82. The van der Waals surface area contributed by atoms with E-state index in [1.807, 2.05) is 12.1 Å². The van der Waals surface area contributed by atoms with E-state index in [-0.39, 0.29) is 0 Å². The Hall–Kier alpha value is -1.96. The zero-order valence-electron chi connectivity index (χ0n) is 11.4. The molecule has 0 fully saturated rings. The Morgan fingerprint density at radius 2 is 1.79 bits per heavy atom. The number of fused-ring (bicyclic) bond motifs is 1. The lowest BCUT2D eigenvalue weighted by Gasteiger charge is -2.21. The van der Waals surface area contributed by atoms with Crippen LogP contribution in [-0.4, -0.2) is 6.54 Å². The maximum Gasteiger partial charge on any atom is 0.0636 e. The van der Waals surface area contributed by atoms with Crippen molar-refractivity contribution in [3.05, 3.63) is 59.2 Å². The van der Waals surface area contributed by atoms with Gasteiger partial charge in [0, 0.05) is 13.1 Å². The first-order valence-electron chi connectivity index (χ1n) is 6.98. The average molecular weight is 252 g/mol. The molecule has 2 aromatic rings. The topological polar surface area (TPSA) is 29.3 Å². The molecule has 2 aromatic carbocycles. The fourth-order valence-corrected chi connectivity index (χ4v) is 2.82. The van der Waals surface area contributed by atoms with Crippen LogP contribution >= 0.6 is 0 Å². The van der Waals surface area contributed by atoms with Gasteiger partial charge in [0.05, 0.1) is 11.4 Å². The van der Waals surface area contributed by atoms with Crippen molar-refractivity contribution in [1.29, 1.82) is 0 Å². The van der Waals surface area contributed by atoms with Gasteiger partial charge < -0.3 is 10.6 Å². The van der Waals surface area contributed by atoms with Crippen molar-refractivity contribution < 1.29 is 0 Å². The zero-order chi connectivity index (χ0) is 13.2. The van der Waals surface area contributed by atoms with Crippen LogP contribution in [0.25, 0.3) is 0 Å². The first-order valence-corrected chi connectivity index (χ1v) is 6.98. The van der Waals surface area contributed by atoms with Crippen molar-refractivity contribution >= 4 is 11.4 Å². The second kappa shape index (κ2) is 4.96. The lowest BCUT2D eigenvalue weighted by atomic mass is 10.1. The van der Waals surface area contributed by atoms with Gasteiger partial charge in [-0.25, -0.2) is 0 Å². The predicted molar refractivity (Wildman–Crippen MR) is 81.4 cm³/mol. The van der Waals surface area contributed by atoms with Crippen molar-refractivity contribution in [3.63, 3.8) is 0 Å². The van der Waals surface area contributed by atoms with Crippen molar-refractivity contribution in [3.8, 4) is 0 Å². The summed E-state index contributed by atoms with van der Waals surface area (Å²) in [6.07, 6.45) is 2.20. The summed E-state index contributed by atoms with van der Waals surface area (Å²) in [5.41, 5.74) is 12.4. The van der Waals surface area contributed by atoms with E-state index in [4.69, 9.17) is 5.73 Å². The third kappa shape index (κ3) is 2.30. The fraction of sp³-hybridized carbons (Fsp3) is 0.294. The predicted octanol–water partition coefficient (Wildman–Crippen LogP) is 3.39. The number of nitrogen functional groups attached to an aromatic ring is 1. The number of nitrogens with two attached hydrogens (primary N) is 1. The van der Waals surface area contributed by atoms with Gasteiger partial charge in [-0.2, -0.15) is 0 Å². The highest BCUT2D eigenvalue weighted by Crippen LogP contribution is 2.34. The van der Waals surface area contributed by atoms with E-state index in [1.54, 1.807) is 0 Å². The molecular weight excluding hydrogens is 232 g/mol. The number of benzene rings is 2. The normalized spacial score (nSPS) is 13.6. The van der Waals surface area contributed by atoms with E-state index >= 15 is 0 Å². The van der Waals surface area contributed by atoms with E-state index < -0.39 is 0 Å². The summed E-state index contributed by atoms with van der Waals surface area (Å²) >= 11 is 0. The standard InChI is InChI=1S/C17H20N2/c1-2-13-6-8-14(9-7-13)12-19-11-10-15-4-3-5-16(18)17(15)19/h3-9H,2,10-12,18H2,1H3. The van der Waals surface area contributed by atoms with Gasteiger partial charge in [-0.15, -0.1) is 0 Å². The van der Waals surface area contributed by atoms with Gasteiger partial charge in [-0.3, -0.25) is 0 Å². The van der Waals surface area contributed by atoms with E-state index in [1.165, 1.54) is 22.4 Å². The van der Waals surface area contributed by atoms with E-state index in [9.17, 15) is 0 Å². The molecule has 0 saturated heterocycles. The first kappa shape index (κ1) is 12.1. The minimum Gasteiger partial charge on any atom is -0.397 e. The van der Waals surface area contributed by atoms with Crippen LogP contribution in [0.2, 0.25) is 0 Å². The van der Waals surface area contributed by atoms with Crippen LogP contribution in [0.5, 0.6) is 0 Å². The van der Waals surface area contributed by atoms with Crippen LogP contribution in [0.1, 0.15) is 23.6 Å². The summed E-state index contributed by atoms with van der Waals surface area (Å²) in [6, 6.07) is 15.1. The van der Waals surface area contributed by atoms with Crippen molar-refractivity contribution in [1.82, 2.24) is 0 Å². The third-order valence-electron chi connectivity index (χ3n) is 3.92. The largest absolute Gasteiger partial charge is 0.397 e. The minimum atomic E-state index is 0.903. The van der Waals surface area contributed by atoms with Gasteiger partial charge >= 0.3 is 0 Å². The Bertz CT molecular complexity index is 572. The number of nitrogens with zero attached hydrogens (tertiary/aromatic N) is 1. The maximum atomic E-state index is 6.12. The molecule has 0 spiro atoms. The molecule has 0 aliphatic carbocycles. The highest BCUT2D eigenvalue weighted by atomic mass is 15.2. The summed E-state index contributed by atoms with van der Waals surface area (Å²) in [5, 5.41) is 0. The van der Waals surface area contributed by atoms with Crippen LogP contribution in [0.3, 0.4) is 0 Å². The molecule has 0 aromatic heterocycles. The van der Waals surface area contributed by atoms with Crippen molar-refractivity contribution in [2.75, 3.05) is 17.2 Å². The molecule has 0 bridgehead atoms. The van der Waals surface area contributed by atoms with Gasteiger partial charge in [-0.05, 0) is 35.6 Å². The molecule has 0 amide bonds. The van der Waals surface area contributed by atoms with E-state index in [0.717, 1.165) is 31.6 Å². The Kier molecular flexibility index (Phi) is 3.16. The lowest BCUT2D eigenvalue weighted by molar-refractivity contribution is 0.836. The highest BCUT2D eigenvalue weighted by Gasteiger charge is 2.20. The molecule has 1 aliphatic heterocycles. The number of hydrogen-bond donors (Lipinski definition) is 1. The SMILES string of the molecule is CCc1ccc(CN2CCc3cccc(N)c32)cc1. The molecule has 0 saturated carbocycles. The van der Waals surface area contributed by atoms with Crippen LogP contribution in [0.15, 0.2) is 42.5 Å². The number of para-hydroxylation sites is 1. The average Bonchev–Trinajstić information content (AvgIpc) is 2.84. The molecule has 2 N–H and O–H groups in total. The summed E-state index contributed by atoms with van der Waals surface area (Å²) in [6.45, 7) is 4.21. The van der Waals surface area contributed by atoms with E-state index in [0.29, 0.717) is 0 Å². The molecular formula is C17H20N2. The number of anilines is 2. The molecule has 0 unspecified atom stereocenters. The lowest BCUT2D eigenvalue weighted by Crippen LogP contribution is -2.20. The zero-order valence-corrected chi connectivity index (χ0v) is 11.4. The van der Waals surface area contributed by atoms with Crippen molar-refractivity contribution in [2.45, 2.75) is 26.3 Å². The van der Waals surface area contributed by atoms with Gasteiger partial charge in [0.15, 0.2) is 0 Å². The monoisotopic (exact) mass is 252 g/mol. The Morgan fingerprint density at radius 1 is 1.05 bits per heavy atom. The molecule has 0 radical (unpaired) electrons. The van der Waals surface area contributed by atoms with Crippen molar-refractivity contribution in [2.24, 2.45) is 0 Å². The van der Waals surface area contributed by atoms with Crippen LogP contribution in [-0.2, 0) is 19.4 Å². The minimum absolute atomic E-state index is 0.903. The molecule has 2 nitrogen and oxygen atoms in total. The second-order valence-electron chi connectivity index (χ2n) is 5.20. The molecule has 2 heteroatoms.